The van der Waals surface area contributed by atoms with E-state index >= 15 is 0 Å². The largest absolute Gasteiger partial charge is 0.321 e. The Balaban J connectivity index is 2.17. The van der Waals surface area contributed by atoms with Gasteiger partial charge in [0.25, 0.3) is 5.91 Å². The van der Waals surface area contributed by atoms with Gasteiger partial charge in [0.2, 0.25) is 0 Å². The van der Waals surface area contributed by atoms with Crippen LogP contribution < -0.4 is 5.32 Å². The standard InChI is InChI=1S/C17H20N2O/c1-13-7-6-10-15(11-13)19-17(20)16(12-18)14-8-4-2-3-5-9-14/h6-7,10-11H,2-5,8-9H2,1H3,(H,19,20). The molecule has 0 radical (unpaired) electrons. The average Bonchev–Trinajstić information content (AvgIpc) is 2.69. The van der Waals surface area contributed by atoms with Crippen LogP contribution in [0.3, 0.4) is 0 Å². The molecule has 1 aromatic rings. The number of benzene rings is 1. The van der Waals surface area contributed by atoms with E-state index in [-0.39, 0.29) is 5.91 Å². The van der Waals surface area contributed by atoms with Crippen LogP contribution in [0.2, 0.25) is 0 Å². The normalized spacial score (nSPS) is 15.1. The van der Waals surface area contributed by atoms with Crippen LogP contribution in [0.4, 0.5) is 5.69 Å². The zero-order valence-electron chi connectivity index (χ0n) is 11.9. The highest BCUT2D eigenvalue weighted by molar-refractivity contribution is 6.07. The van der Waals surface area contributed by atoms with E-state index in [4.69, 9.17) is 0 Å². The van der Waals surface area contributed by atoms with Gasteiger partial charge in [-0.15, -0.1) is 0 Å². The van der Waals surface area contributed by atoms with Crippen molar-refractivity contribution in [2.75, 3.05) is 5.32 Å². The monoisotopic (exact) mass is 268 g/mol. The Labute approximate surface area is 120 Å². The van der Waals surface area contributed by atoms with Gasteiger partial charge in [-0.05, 0) is 55.9 Å². The molecule has 0 aromatic heterocycles. The number of rotatable bonds is 2. The summed E-state index contributed by atoms with van der Waals surface area (Å²) in [6, 6.07) is 9.73. The highest BCUT2D eigenvalue weighted by atomic mass is 16.1. The predicted molar refractivity (Wildman–Crippen MR) is 80.1 cm³/mol. The number of hydrogen-bond donors (Lipinski definition) is 1. The van der Waals surface area contributed by atoms with Crippen LogP contribution >= 0.6 is 0 Å². The molecular formula is C17H20N2O. The summed E-state index contributed by atoms with van der Waals surface area (Å²) in [6.07, 6.45) is 6.31. The van der Waals surface area contributed by atoms with Crippen molar-refractivity contribution in [2.45, 2.75) is 45.4 Å². The summed E-state index contributed by atoms with van der Waals surface area (Å²) in [7, 11) is 0. The Morgan fingerprint density at radius 2 is 1.90 bits per heavy atom. The summed E-state index contributed by atoms with van der Waals surface area (Å²) in [4.78, 5) is 12.3. The number of hydrogen-bond acceptors (Lipinski definition) is 2. The second-order valence-corrected chi connectivity index (χ2v) is 5.33. The molecule has 0 heterocycles. The maximum Gasteiger partial charge on any atom is 0.266 e. The van der Waals surface area contributed by atoms with Crippen molar-refractivity contribution in [3.8, 4) is 6.07 Å². The van der Waals surface area contributed by atoms with Crippen molar-refractivity contribution in [1.29, 1.82) is 5.26 Å². The Morgan fingerprint density at radius 3 is 2.50 bits per heavy atom. The summed E-state index contributed by atoms with van der Waals surface area (Å²) in [5, 5.41) is 12.1. The van der Waals surface area contributed by atoms with E-state index < -0.39 is 0 Å². The predicted octanol–water partition coefficient (Wildman–Crippen LogP) is 4.11. The van der Waals surface area contributed by atoms with Crippen molar-refractivity contribution >= 4 is 11.6 Å². The summed E-state index contributed by atoms with van der Waals surface area (Å²) in [5.74, 6) is -0.269. The number of nitrogens with zero attached hydrogens (tertiary/aromatic N) is 1. The number of nitrogens with one attached hydrogen (secondary N) is 1. The Morgan fingerprint density at radius 1 is 1.20 bits per heavy atom. The fourth-order valence-electron chi connectivity index (χ4n) is 2.61. The Kier molecular flexibility index (Phi) is 4.95. The number of carbonyl (C=O) groups is 1. The Hall–Kier alpha value is -2.08. The van der Waals surface area contributed by atoms with E-state index in [1.807, 2.05) is 31.2 Å². The molecule has 0 unspecified atom stereocenters. The number of nitriles is 1. The summed E-state index contributed by atoms with van der Waals surface area (Å²) < 4.78 is 0. The van der Waals surface area contributed by atoms with Crippen molar-refractivity contribution < 1.29 is 4.79 Å². The van der Waals surface area contributed by atoms with E-state index in [0.717, 1.165) is 42.5 Å². The first kappa shape index (κ1) is 14.3. The fraction of sp³-hybridized carbons (Fsp3) is 0.412. The summed E-state index contributed by atoms with van der Waals surface area (Å²) in [5.41, 5.74) is 3.17. The van der Waals surface area contributed by atoms with Crippen LogP contribution in [0.25, 0.3) is 0 Å². The van der Waals surface area contributed by atoms with Gasteiger partial charge in [0, 0.05) is 5.69 Å². The van der Waals surface area contributed by atoms with Crippen molar-refractivity contribution in [1.82, 2.24) is 0 Å². The maximum atomic E-state index is 12.3. The van der Waals surface area contributed by atoms with Gasteiger partial charge in [0.05, 0.1) is 0 Å². The van der Waals surface area contributed by atoms with Crippen LogP contribution in [0.15, 0.2) is 35.4 Å². The second-order valence-electron chi connectivity index (χ2n) is 5.33. The van der Waals surface area contributed by atoms with E-state index in [1.54, 1.807) is 0 Å². The first-order valence-corrected chi connectivity index (χ1v) is 7.21. The smallest absolute Gasteiger partial charge is 0.266 e. The molecule has 0 atom stereocenters. The lowest BCUT2D eigenvalue weighted by atomic mass is 10.0. The zero-order valence-corrected chi connectivity index (χ0v) is 11.9. The minimum absolute atomic E-state index is 0.269. The third-order valence-corrected chi connectivity index (χ3v) is 3.68. The highest BCUT2D eigenvalue weighted by Gasteiger charge is 2.16. The van der Waals surface area contributed by atoms with Gasteiger partial charge in [0.1, 0.15) is 11.6 Å². The van der Waals surface area contributed by atoms with Gasteiger partial charge in [0.15, 0.2) is 0 Å². The van der Waals surface area contributed by atoms with Crippen molar-refractivity contribution in [2.24, 2.45) is 0 Å². The van der Waals surface area contributed by atoms with Gasteiger partial charge in [-0.3, -0.25) is 4.79 Å². The molecule has 104 valence electrons. The number of allylic oxidation sites excluding steroid dienone is 1. The lowest BCUT2D eigenvalue weighted by Gasteiger charge is -2.09. The molecule has 1 fully saturated rings. The molecule has 0 aliphatic heterocycles. The molecule has 0 spiro atoms. The first-order chi connectivity index (χ1) is 9.70. The quantitative estimate of drug-likeness (QED) is 0.498. The highest BCUT2D eigenvalue weighted by Crippen LogP contribution is 2.25. The molecule has 0 saturated heterocycles. The maximum absolute atomic E-state index is 12.3. The first-order valence-electron chi connectivity index (χ1n) is 7.21. The lowest BCUT2D eigenvalue weighted by Crippen LogP contribution is -2.15. The molecule has 1 aliphatic rings. The molecular weight excluding hydrogens is 248 g/mol. The molecule has 1 N–H and O–H groups in total. The lowest BCUT2D eigenvalue weighted by molar-refractivity contribution is -0.112. The number of carbonyl (C=O) groups excluding carboxylic acids is 1. The van der Waals surface area contributed by atoms with Gasteiger partial charge in [-0.2, -0.15) is 5.26 Å². The van der Waals surface area contributed by atoms with E-state index in [1.165, 1.54) is 12.8 Å². The van der Waals surface area contributed by atoms with Crippen molar-refractivity contribution in [3.05, 3.63) is 41.0 Å². The summed E-state index contributed by atoms with van der Waals surface area (Å²) >= 11 is 0. The van der Waals surface area contributed by atoms with Gasteiger partial charge < -0.3 is 5.32 Å². The second kappa shape index (κ2) is 6.91. The third-order valence-electron chi connectivity index (χ3n) is 3.68. The number of anilines is 1. The van der Waals surface area contributed by atoms with Crippen LogP contribution in [0, 0.1) is 18.3 Å². The Bertz CT molecular complexity index is 557. The number of aryl methyl sites for hydroxylation is 1. The molecule has 1 aromatic carbocycles. The summed E-state index contributed by atoms with van der Waals surface area (Å²) in [6.45, 7) is 1.98. The zero-order chi connectivity index (χ0) is 14.4. The van der Waals surface area contributed by atoms with Crippen LogP contribution in [0.5, 0.6) is 0 Å². The third kappa shape index (κ3) is 3.71. The van der Waals surface area contributed by atoms with Crippen LogP contribution in [-0.2, 0) is 4.79 Å². The topological polar surface area (TPSA) is 52.9 Å². The minimum atomic E-state index is -0.269. The van der Waals surface area contributed by atoms with E-state index in [9.17, 15) is 10.1 Å². The number of amides is 1. The van der Waals surface area contributed by atoms with Crippen molar-refractivity contribution in [3.63, 3.8) is 0 Å². The minimum Gasteiger partial charge on any atom is -0.321 e. The van der Waals surface area contributed by atoms with Gasteiger partial charge in [-0.25, -0.2) is 0 Å². The molecule has 2 rings (SSSR count). The molecule has 20 heavy (non-hydrogen) atoms. The molecule has 3 nitrogen and oxygen atoms in total. The fourth-order valence-corrected chi connectivity index (χ4v) is 2.61. The SMILES string of the molecule is Cc1cccc(NC(=O)C(C#N)=C2CCCCCC2)c1. The van der Waals surface area contributed by atoms with Crippen LogP contribution in [0.1, 0.15) is 44.1 Å². The molecule has 0 bridgehead atoms. The van der Waals surface area contributed by atoms with E-state index in [2.05, 4.69) is 11.4 Å². The molecule has 1 saturated carbocycles. The molecule has 1 amide bonds. The van der Waals surface area contributed by atoms with E-state index in [0.29, 0.717) is 5.57 Å². The molecule has 1 aliphatic carbocycles. The van der Waals surface area contributed by atoms with Gasteiger partial charge in [-0.1, -0.05) is 25.0 Å². The van der Waals surface area contributed by atoms with Crippen LogP contribution in [-0.4, -0.2) is 5.91 Å². The molecule has 3 heteroatoms. The average molecular weight is 268 g/mol. The van der Waals surface area contributed by atoms with Gasteiger partial charge >= 0.3 is 0 Å².